The molecule has 1 aromatic carbocycles. The molecule has 98 valence electrons. The second-order valence-electron chi connectivity index (χ2n) is 4.09. The highest BCUT2D eigenvalue weighted by Crippen LogP contribution is 2.26. The van der Waals surface area contributed by atoms with Crippen molar-refractivity contribution in [2.75, 3.05) is 11.1 Å². The Balaban J connectivity index is 1.82. The highest BCUT2D eigenvalue weighted by molar-refractivity contribution is 7.11. The average molecular weight is 275 g/mol. The van der Waals surface area contributed by atoms with E-state index in [0.717, 1.165) is 17.1 Å². The molecule has 3 N–H and O–H groups in total. The lowest BCUT2D eigenvalue weighted by molar-refractivity contribution is 0.316. The average Bonchev–Trinajstić information content (AvgIpc) is 3.07. The predicted octanol–water partition coefficient (Wildman–Crippen LogP) is 2.44. The van der Waals surface area contributed by atoms with Crippen LogP contribution in [0.3, 0.4) is 0 Å². The molecular formula is C12H13N5OS. The van der Waals surface area contributed by atoms with Gasteiger partial charge in [0.15, 0.2) is 11.0 Å². The normalized spacial score (nSPS) is 11.0. The van der Waals surface area contributed by atoms with Crippen LogP contribution in [0.1, 0.15) is 16.8 Å². The lowest BCUT2D eigenvalue weighted by atomic mass is 10.2. The Kier molecular flexibility index (Phi) is 3.04. The molecule has 0 unspecified atom stereocenters. The van der Waals surface area contributed by atoms with Crippen molar-refractivity contribution < 1.29 is 4.63 Å². The number of thiazole rings is 1. The number of hydrogen-bond acceptors (Lipinski definition) is 7. The van der Waals surface area contributed by atoms with E-state index < -0.39 is 0 Å². The van der Waals surface area contributed by atoms with Gasteiger partial charge in [-0.2, -0.15) is 0 Å². The van der Waals surface area contributed by atoms with Crippen LogP contribution in [0.25, 0.3) is 11.0 Å². The van der Waals surface area contributed by atoms with Gasteiger partial charge in [-0.25, -0.2) is 9.61 Å². The SMILES string of the molecule is CCc1cnc(CNc2ccc(N)c3nonc23)s1. The third-order valence-corrected chi connectivity index (χ3v) is 3.97. The number of nitrogens with two attached hydrogens (primary N) is 1. The molecule has 0 saturated heterocycles. The summed E-state index contributed by atoms with van der Waals surface area (Å²) in [6.45, 7) is 2.77. The molecule has 0 amide bonds. The van der Waals surface area contributed by atoms with Crippen LogP contribution < -0.4 is 11.1 Å². The first-order chi connectivity index (χ1) is 9.28. The van der Waals surface area contributed by atoms with Crippen LogP contribution in [0.15, 0.2) is 23.0 Å². The van der Waals surface area contributed by atoms with Crippen molar-refractivity contribution >= 4 is 33.7 Å². The van der Waals surface area contributed by atoms with Crippen molar-refractivity contribution in [2.24, 2.45) is 0 Å². The monoisotopic (exact) mass is 275 g/mol. The number of nitrogens with one attached hydrogen (secondary N) is 1. The molecule has 2 heterocycles. The van der Waals surface area contributed by atoms with E-state index in [0.29, 0.717) is 23.3 Å². The minimum Gasteiger partial charge on any atom is -0.397 e. The number of hydrogen-bond donors (Lipinski definition) is 2. The van der Waals surface area contributed by atoms with Gasteiger partial charge >= 0.3 is 0 Å². The summed E-state index contributed by atoms with van der Waals surface area (Å²) < 4.78 is 4.73. The van der Waals surface area contributed by atoms with Gasteiger partial charge in [-0.1, -0.05) is 6.92 Å². The summed E-state index contributed by atoms with van der Waals surface area (Å²) in [6, 6.07) is 3.66. The van der Waals surface area contributed by atoms with Crippen LogP contribution in [0.2, 0.25) is 0 Å². The van der Waals surface area contributed by atoms with E-state index in [9.17, 15) is 0 Å². The van der Waals surface area contributed by atoms with Crippen LogP contribution in [-0.4, -0.2) is 15.3 Å². The number of anilines is 2. The highest BCUT2D eigenvalue weighted by atomic mass is 32.1. The van der Waals surface area contributed by atoms with E-state index >= 15 is 0 Å². The molecule has 0 aliphatic heterocycles. The molecule has 2 aromatic heterocycles. The fourth-order valence-electron chi connectivity index (χ4n) is 1.79. The Morgan fingerprint density at radius 3 is 2.95 bits per heavy atom. The van der Waals surface area contributed by atoms with Crippen LogP contribution in [0.5, 0.6) is 0 Å². The fraction of sp³-hybridized carbons (Fsp3) is 0.250. The molecule has 0 fully saturated rings. The van der Waals surface area contributed by atoms with Crippen molar-refractivity contribution in [2.45, 2.75) is 19.9 Å². The molecule has 0 aliphatic carbocycles. The number of nitrogen functional groups attached to an aromatic ring is 1. The van der Waals surface area contributed by atoms with E-state index in [-0.39, 0.29) is 0 Å². The minimum absolute atomic E-state index is 0.560. The van der Waals surface area contributed by atoms with Gasteiger partial charge in [0.05, 0.1) is 17.9 Å². The van der Waals surface area contributed by atoms with Crippen molar-refractivity contribution in [1.82, 2.24) is 15.3 Å². The molecule has 0 bridgehead atoms. The van der Waals surface area contributed by atoms with Gasteiger partial charge in [-0.15, -0.1) is 11.3 Å². The number of aromatic nitrogens is 3. The first kappa shape index (κ1) is 11.9. The molecule has 3 rings (SSSR count). The second-order valence-corrected chi connectivity index (χ2v) is 5.29. The summed E-state index contributed by atoms with van der Waals surface area (Å²) in [5, 5.41) is 12.0. The Morgan fingerprint density at radius 1 is 1.32 bits per heavy atom. The number of rotatable bonds is 4. The van der Waals surface area contributed by atoms with Crippen molar-refractivity contribution in [3.8, 4) is 0 Å². The number of aryl methyl sites for hydroxylation is 1. The number of benzene rings is 1. The molecule has 0 radical (unpaired) electrons. The molecule has 19 heavy (non-hydrogen) atoms. The fourth-order valence-corrected chi connectivity index (χ4v) is 2.59. The van der Waals surface area contributed by atoms with Gasteiger partial charge in [-0.05, 0) is 28.9 Å². The molecule has 0 atom stereocenters. The van der Waals surface area contributed by atoms with Crippen molar-refractivity contribution in [1.29, 1.82) is 0 Å². The topological polar surface area (TPSA) is 89.9 Å². The summed E-state index contributed by atoms with van der Waals surface area (Å²) >= 11 is 1.70. The molecule has 3 aromatic rings. The van der Waals surface area contributed by atoms with Gasteiger partial charge in [0.25, 0.3) is 0 Å². The Morgan fingerprint density at radius 2 is 2.16 bits per heavy atom. The van der Waals surface area contributed by atoms with E-state index in [1.54, 1.807) is 17.4 Å². The summed E-state index contributed by atoms with van der Waals surface area (Å²) in [5.74, 6) is 0. The Labute approximate surface area is 113 Å². The molecular weight excluding hydrogens is 262 g/mol. The quantitative estimate of drug-likeness (QED) is 0.711. The third kappa shape index (κ3) is 2.24. The summed E-state index contributed by atoms with van der Waals surface area (Å²) in [4.78, 5) is 5.64. The minimum atomic E-state index is 0.560. The largest absolute Gasteiger partial charge is 0.397 e. The van der Waals surface area contributed by atoms with Crippen LogP contribution in [0.4, 0.5) is 11.4 Å². The van der Waals surface area contributed by atoms with Gasteiger partial charge in [0.2, 0.25) is 0 Å². The third-order valence-electron chi connectivity index (χ3n) is 2.83. The molecule has 0 spiro atoms. The van der Waals surface area contributed by atoms with E-state index in [1.807, 2.05) is 12.3 Å². The highest BCUT2D eigenvalue weighted by Gasteiger charge is 2.10. The molecule has 7 heteroatoms. The maximum absolute atomic E-state index is 5.80. The first-order valence-corrected chi connectivity index (χ1v) is 6.77. The van der Waals surface area contributed by atoms with Gasteiger partial charge < -0.3 is 11.1 Å². The maximum atomic E-state index is 5.80. The van der Waals surface area contributed by atoms with Gasteiger partial charge in [-0.3, -0.25) is 0 Å². The van der Waals surface area contributed by atoms with Crippen molar-refractivity contribution in [3.63, 3.8) is 0 Å². The standard InChI is InChI=1S/C12H13N5OS/c1-2-7-5-15-10(19-7)6-14-9-4-3-8(13)11-12(9)17-18-16-11/h3-5,14H,2,6,13H2,1H3. The summed E-state index contributed by atoms with van der Waals surface area (Å²) in [7, 11) is 0. The Bertz CT molecular complexity index is 705. The van der Waals surface area contributed by atoms with Crippen LogP contribution in [0, 0.1) is 0 Å². The van der Waals surface area contributed by atoms with E-state index in [2.05, 4.69) is 27.5 Å². The predicted molar refractivity (Wildman–Crippen MR) is 75.0 cm³/mol. The van der Waals surface area contributed by atoms with Crippen LogP contribution in [-0.2, 0) is 13.0 Å². The van der Waals surface area contributed by atoms with Crippen LogP contribution >= 0.6 is 11.3 Å². The van der Waals surface area contributed by atoms with Gasteiger partial charge in [0.1, 0.15) is 5.01 Å². The lowest BCUT2D eigenvalue weighted by Crippen LogP contribution is -2.00. The number of nitrogens with zero attached hydrogens (tertiary/aromatic N) is 3. The first-order valence-electron chi connectivity index (χ1n) is 5.96. The smallest absolute Gasteiger partial charge is 0.160 e. The second kappa shape index (κ2) is 4.85. The lowest BCUT2D eigenvalue weighted by Gasteiger charge is -2.04. The van der Waals surface area contributed by atoms with Crippen molar-refractivity contribution in [3.05, 3.63) is 28.2 Å². The molecule has 0 aliphatic rings. The van der Waals surface area contributed by atoms with E-state index in [4.69, 9.17) is 10.4 Å². The Hall–Kier alpha value is -2.15. The zero-order valence-electron chi connectivity index (χ0n) is 10.4. The molecule has 0 saturated carbocycles. The zero-order valence-corrected chi connectivity index (χ0v) is 11.2. The summed E-state index contributed by atoms with van der Waals surface area (Å²) in [5.41, 5.74) is 8.43. The summed E-state index contributed by atoms with van der Waals surface area (Å²) in [6.07, 6.45) is 2.93. The maximum Gasteiger partial charge on any atom is 0.160 e. The van der Waals surface area contributed by atoms with Gasteiger partial charge in [0, 0.05) is 11.1 Å². The molecule has 6 nitrogen and oxygen atoms in total. The number of fused-ring (bicyclic) bond motifs is 1. The zero-order chi connectivity index (χ0) is 13.2. The van der Waals surface area contributed by atoms with E-state index in [1.165, 1.54) is 4.88 Å².